The Balaban J connectivity index is 1.53. The number of rotatable bonds is 5. The Labute approximate surface area is 183 Å². The molecule has 1 aliphatic rings. The number of hydrogen-bond donors (Lipinski definition) is 0. The van der Waals surface area contributed by atoms with E-state index in [4.69, 9.17) is 9.73 Å². The number of nitrogens with zero attached hydrogens (tertiary/aromatic N) is 3. The van der Waals surface area contributed by atoms with Gasteiger partial charge in [0, 0.05) is 38.3 Å². The normalized spacial score (nSPS) is 15.0. The number of amidine groups is 1. The number of para-hydroxylation sites is 1. The molecule has 1 aliphatic heterocycles. The molecule has 5 heteroatoms. The summed E-state index contributed by atoms with van der Waals surface area (Å²) in [4.78, 5) is 21.6. The van der Waals surface area contributed by atoms with Crippen LogP contribution in [0, 0.1) is 0 Å². The molecule has 1 saturated heterocycles. The largest absolute Gasteiger partial charge is 0.465 e. The lowest BCUT2D eigenvalue weighted by Crippen LogP contribution is -2.48. The van der Waals surface area contributed by atoms with Crippen LogP contribution in [0.4, 0.5) is 5.69 Å². The quantitative estimate of drug-likeness (QED) is 0.354. The fraction of sp³-hybridized carbons (Fsp3) is 0.231. The summed E-state index contributed by atoms with van der Waals surface area (Å²) in [5, 5.41) is 0. The summed E-state index contributed by atoms with van der Waals surface area (Å²) in [7, 11) is 1.40. The molecular weight excluding hydrogens is 386 g/mol. The SMILES string of the molecule is COC(=O)c1ccc(C(=Nc2ccccc2)N2CCN(Cc3ccccc3)CC2)cc1. The lowest BCUT2D eigenvalue weighted by atomic mass is 10.1. The zero-order chi connectivity index (χ0) is 21.5. The van der Waals surface area contributed by atoms with Crippen LogP contribution < -0.4 is 0 Å². The standard InChI is InChI=1S/C26H27N3O2/c1-31-26(30)23-14-12-22(13-15-23)25(27-24-10-6-3-7-11-24)29-18-16-28(17-19-29)20-21-8-4-2-5-9-21/h2-15H,16-20H2,1H3. The maximum Gasteiger partial charge on any atom is 0.337 e. The van der Waals surface area contributed by atoms with Crippen LogP contribution in [0.2, 0.25) is 0 Å². The molecule has 0 unspecified atom stereocenters. The molecule has 31 heavy (non-hydrogen) atoms. The van der Waals surface area contributed by atoms with E-state index < -0.39 is 0 Å². The van der Waals surface area contributed by atoms with E-state index in [2.05, 4.69) is 40.1 Å². The van der Waals surface area contributed by atoms with Gasteiger partial charge in [-0.15, -0.1) is 0 Å². The molecule has 4 rings (SSSR count). The smallest absolute Gasteiger partial charge is 0.337 e. The molecule has 5 nitrogen and oxygen atoms in total. The first-order chi connectivity index (χ1) is 15.2. The summed E-state index contributed by atoms with van der Waals surface area (Å²) in [5.74, 6) is 0.601. The molecule has 0 spiro atoms. The highest BCUT2D eigenvalue weighted by molar-refractivity contribution is 6.01. The lowest BCUT2D eigenvalue weighted by Gasteiger charge is -2.36. The molecule has 0 atom stereocenters. The zero-order valence-electron chi connectivity index (χ0n) is 17.8. The maximum atomic E-state index is 11.8. The van der Waals surface area contributed by atoms with Crippen molar-refractivity contribution in [3.05, 3.63) is 102 Å². The van der Waals surface area contributed by atoms with Crippen LogP contribution >= 0.6 is 0 Å². The molecule has 1 fully saturated rings. The van der Waals surface area contributed by atoms with Crippen molar-refractivity contribution in [2.24, 2.45) is 4.99 Å². The van der Waals surface area contributed by atoms with Crippen molar-refractivity contribution in [1.29, 1.82) is 0 Å². The lowest BCUT2D eigenvalue weighted by molar-refractivity contribution is 0.0600. The second-order valence-electron chi connectivity index (χ2n) is 7.59. The summed E-state index contributed by atoms with van der Waals surface area (Å²) < 4.78 is 4.82. The Kier molecular flexibility index (Phi) is 6.75. The van der Waals surface area contributed by atoms with E-state index in [9.17, 15) is 4.79 Å². The van der Waals surface area contributed by atoms with Crippen molar-refractivity contribution in [2.75, 3.05) is 33.3 Å². The highest BCUT2D eigenvalue weighted by Gasteiger charge is 2.21. The van der Waals surface area contributed by atoms with Gasteiger partial charge >= 0.3 is 5.97 Å². The molecule has 0 bridgehead atoms. The van der Waals surface area contributed by atoms with Crippen molar-refractivity contribution in [1.82, 2.24) is 9.80 Å². The Morgan fingerprint density at radius 1 is 0.806 bits per heavy atom. The number of benzene rings is 3. The predicted molar refractivity (Wildman–Crippen MR) is 124 cm³/mol. The highest BCUT2D eigenvalue weighted by atomic mass is 16.5. The summed E-state index contributed by atoms with van der Waals surface area (Å²) in [6.45, 7) is 4.72. The van der Waals surface area contributed by atoms with Crippen LogP contribution in [0.15, 0.2) is 89.9 Å². The first-order valence-corrected chi connectivity index (χ1v) is 10.6. The van der Waals surface area contributed by atoms with E-state index in [0.717, 1.165) is 49.8 Å². The third kappa shape index (κ3) is 5.38. The molecule has 0 amide bonds. The molecule has 0 aliphatic carbocycles. The van der Waals surface area contributed by atoms with Crippen LogP contribution in [0.25, 0.3) is 0 Å². The third-order valence-electron chi connectivity index (χ3n) is 5.48. The van der Waals surface area contributed by atoms with Gasteiger partial charge in [-0.25, -0.2) is 9.79 Å². The van der Waals surface area contributed by atoms with E-state index in [0.29, 0.717) is 5.56 Å². The van der Waals surface area contributed by atoms with Gasteiger partial charge < -0.3 is 9.64 Å². The van der Waals surface area contributed by atoms with Gasteiger partial charge in [0.15, 0.2) is 0 Å². The predicted octanol–water partition coefficient (Wildman–Crippen LogP) is 4.37. The molecule has 158 valence electrons. The Bertz CT molecular complexity index is 1010. The fourth-order valence-electron chi connectivity index (χ4n) is 3.78. The number of aliphatic imine (C=N–C) groups is 1. The summed E-state index contributed by atoms with van der Waals surface area (Å²) in [6, 6.07) is 28.1. The van der Waals surface area contributed by atoms with Gasteiger partial charge in [-0.3, -0.25) is 4.90 Å². The fourth-order valence-corrected chi connectivity index (χ4v) is 3.78. The molecule has 0 N–H and O–H groups in total. The van der Waals surface area contributed by atoms with Crippen molar-refractivity contribution < 1.29 is 9.53 Å². The molecule has 0 saturated carbocycles. The van der Waals surface area contributed by atoms with Crippen LogP contribution in [0.1, 0.15) is 21.5 Å². The van der Waals surface area contributed by atoms with Crippen molar-refractivity contribution in [2.45, 2.75) is 6.54 Å². The number of carbonyl (C=O) groups excluding carboxylic acids is 1. The highest BCUT2D eigenvalue weighted by Crippen LogP contribution is 2.18. The van der Waals surface area contributed by atoms with E-state index in [1.54, 1.807) is 12.1 Å². The van der Waals surface area contributed by atoms with E-state index in [-0.39, 0.29) is 5.97 Å². The molecular formula is C26H27N3O2. The van der Waals surface area contributed by atoms with Crippen LogP contribution in [-0.4, -0.2) is 54.9 Å². The maximum absolute atomic E-state index is 11.8. The third-order valence-corrected chi connectivity index (χ3v) is 5.48. The monoisotopic (exact) mass is 413 g/mol. The molecule has 3 aromatic rings. The van der Waals surface area contributed by atoms with Gasteiger partial charge in [0.25, 0.3) is 0 Å². The zero-order valence-corrected chi connectivity index (χ0v) is 17.8. The molecule has 0 radical (unpaired) electrons. The molecule has 0 aromatic heterocycles. The van der Waals surface area contributed by atoms with Crippen molar-refractivity contribution in [3.8, 4) is 0 Å². The van der Waals surface area contributed by atoms with E-state index in [1.165, 1.54) is 12.7 Å². The first kappa shape index (κ1) is 20.8. The van der Waals surface area contributed by atoms with Gasteiger partial charge in [0.05, 0.1) is 18.4 Å². The first-order valence-electron chi connectivity index (χ1n) is 10.6. The number of ether oxygens (including phenoxy) is 1. The number of methoxy groups -OCH3 is 1. The second kappa shape index (κ2) is 10.0. The Morgan fingerprint density at radius 3 is 2.00 bits per heavy atom. The molecule has 1 heterocycles. The average molecular weight is 414 g/mol. The van der Waals surface area contributed by atoms with E-state index >= 15 is 0 Å². The van der Waals surface area contributed by atoms with Gasteiger partial charge in [-0.2, -0.15) is 0 Å². The number of esters is 1. The average Bonchev–Trinajstić information content (AvgIpc) is 2.84. The van der Waals surface area contributed by atoms with Gasteiger partial charge in [0.1, 0.15) is 5.84 Å². The molecule has 3 aromatic carbocycles. The summed E-state index contributed by atoms with van der Waals surface area (Å²) in [6.07, 6.45) is 0. The van der Waals surface area contributed by atoms with Crippen LogP contribution in [-0.2, 0) is 11.3 Å². The van der Waals surface area contributed by atoms with Crippen LogP contribution in [0.5, 0.6) is 0 Å². The number of hydrogen-bond acceptors (Lipinski definition) is 4. The van der Waals surface area contributed by atoms with Gasteiger partial charge in [0.2, 0.25) is 0 Å². The van der Waals surface area contributed by atoms with Crippen LogP contribution in [0.3, 0.4) is 0 Å². The summed E-state index contributed by atoms with van der Waals surface area (Å²) >= 11 is 0. The van der Waals surface area contributed by atoms with Crippen molar-refractivity contribution >= 4 is 17.5 Å². The van der Waals surface area contributed by atoms with Gasteiger partial charge in [-0.1, -0.05) is 60.7 Å². The minimum absolute atomic E-state index is 0.331. The number of carbonyl (C=O) groups is 1. The number of piperazine rings is 1. The van der Waals surface area contributed by atoms with Crippen molar-refractivity contribution in [3.63, 3.8) is 0 Å². The topological polar surface area (TPSA) is 45.1 Å². The summed E-state index contributed by atoms with van der Waals surface area (Å²) in [5.41, 5.74) is 3.79. The second-order valence-corrected chi connectivity index (χ2v) is 7.59. The Morgan fingerprint density at radius 2 is 1.39 bits per heavy atom. The Hall–Kier alpha value is -3.44. The minimum Gasteiger partial charge on any atom is -0.465 e. The minimum atomic E-state index is -0.331. The van der Waals surface area contributed by atoms with E-state index in [1.807, 2.05) is 42.5 Å². The van der Waals surface area contributed by atoms with Gasteiger partial charge in [-0.05, 0) is 29.8 Å².